The highest BCUT2D eigenvalue weighted by Gasteiger charge is 1.84. The van der Waals surface area contributed by atoms with Crippen molar-refractivity contribution in [3.63, 3.8) is 0 Å². The van der Waals surface area contributed by atoms with Crippen LogP contribution in [0, 0.1) is 0 Å². The molecular weight excluding hydrogens is 164 g/mol. The molecule has 0 saturated heterocycles. The molecule has 0 aromatic heterocycles. The summed E-state index contributed by atoms with van der Waals surface area (Å²) in [5.74, 6) is 0. The van der Waals surface area contributed by atoms with Crippen LogP contribution in [0.15, 0.2) is 11.6 Å². The Morgan fingerprint density at radius 2 is 2.25 bits per heavy atom. The fourth-order valence-corrected chi connectivity index (χ4v) is 0.770. The van der Waals surface area contributed by atoms with Gasteiger partial charge in [0.1, 0.15) is 0 Å². The molecular formula is C7H13Br. The van der Waals surface area contributed by atoms with Gasteiger partial charge in [0.25, 0.3) is 0 Å². The molecule has 0 heterocycles. The van der Waals surface area contributed by atoms with Gasteiger partial charge in [0.2, 0.25) is 0 Å². The molecule has 0 aliphatic rings. The first-order valence-electron chi connectivity index (χ1n) is 2.99. The molecule has 0 fully saturated rings. The molecule has 8 heavy (non-hydrogen) atoms. The second-order valence-electron chi connectivity index (χ2n) is 1.93. The summed E-state index contributed by atoms with van der Waals surface area (Å²) in [4.78, 5) is 0. The zero-order valence-electron chi connectivity index (χ0n) is 5.58. The minimum atomic E-state index is 1.12. The quantitative estimate of drug-likeness (QED) is 0.459. The van der Waals surface area contributed by atoms with E-state index in [1.807, 2.05) is 0 Å². The van der Waals surface area contributed by atoms with Crippen LogP contribution in [-0.2, 0) is 0 Å². The van der Waals surface area contributed by atoms with Gasteiger partial charge in [-0.2, -0.15) is 0 Å². The smallest absolute Gasteiger partial charge is 0.00343 e. The van der Waals surface area contributed by atoms with Crippen LogP contribution in [-0.4, -0.2) is 5.33 Å². The molecule has 0 radical (unpaired) electrons. The summed E-state index contributed by atoms with van der Waals surface area (Å²) in [7, 11) is 0. The minimum Gasteiger partial charge on any atom is -0.0928 e. The molecule has 0 bridgehead atoms. The van der Waals surface area contributed by atoms with Crippen molar-refractivity contribution in [3.05, 3.63) is 11.6 Å². The lowest BCUT2D eigenvalue weighted by Crippen LogP contribution is -1.76. The van der Waals surface area contributed by atoms with Crippen molar-refractivity contribution in [2.24, 2.45) is 0 Å². The maximum atomic E-state index is 3.38. The van der Waals surface area contributed by atoms with E-state index in [0.717, 1.165) is 5.33 Å². The summed E-state index contributed by atoms with van der Waals surface area (Å²) >= 11 is 3.38. The Kier molecular flexibility index (Phi) is 5.51. The molecule has 0 atom stereocenters. The lowest BCUT2D eigenvalue weighted by Gasteiger charge is -1.93. The second-order valence-corrected chi connectivity index (χ2v) is 2.72. The number of hydrogen-bond donors (Lipinski definition) is 0. The van der Waals surface area contributed by atoms with Gasteiger partial charge in [-0.3, -0.25) is 0 Å². The van der Waals surface area contributed by atoms with Gasteiger partial charge in [-0.1, -0.05) is 27.6 Å². The Morgan fingerprint density at radius 3 is 2.62 bits per heavy atom. The van der Waals surface area contributed by atoms with E-state index >= 15 is 0 Å². The highest BCUT2D eigenvalue weighted by atomic mass is 79.9. The van der Waals surface area contributed by atoms with Crippen LogP contribution in [0.25, 0.3) is 0 Å². The van der Waals surface area contributed by atoms with Gasteiger partial charge in [0.05, 0.1) is 0 Å². The third-order valence-electron chi connectivity index (χ3n) is 1.20. The summed E-state index contributed by atoms with van der Waals surface area (Å²) < 4.78 is 0. The Balaban J connectivity index is 3.12. The van der Waals surface area contributed by atoms with E-state index in [9.17, 15) is 0 Å². The Hall–Kier alpha value is 0.220. The predicted octanol–water partition coefficient (Wildman–Crippen LogP) is 3.13. The van der Waals surface area contributed by atoms with E-state index in [1.165, 1.54) is 18.4 Å². The first-order valence-corrected chi connectivity index (χ1v) is 4.11. The molecule has 0 spiro atoms. The Labute approximate surface area is 60.1 Å². The number of halogens is 1. The average Bonchev–Trinajstić information content (AvgIpc) is 1.83. The third kappa shape index (κ3) is 4.38. The molecule has 0 nitrogen and oxygen atoms in total. The van der Waals surface area contributed by atoms with Crippen molar-refractivity contribution in [2.45, 2.75) is 26.7 Å². The minimum absolute atomic E-state index is 1.12. The van der Waals surface area contributed by atoms with Crippen LogP contribution in [0.3, 0.4) is 0 Å². The second kappa shape index (κ2) is 5.36. The molecule has 0 saturated carbocycles. The van der Waals surface area contributed by atoms with Crippen LogP contribution in [0.5, 0.6) is 0 Å². The fraction of sp³-hybridized carbons (Fsp3) is 0.714. The fourth-order valence-electron chi connectivity index (χ4n) is 0.490. The first kappa shape index (κ1) is 8.22. The van der Waals surface area contributed by atoms with Gasteiger partial charge in [-0.25, -0.2) is 0 Å². The van der Waals surface area contributed by atoms with Gasteiger partial charge in [0.15, 0.2) is 0 Å². The summed E-state index contributed by atoms with van der Waals surface area (Å²) in [5.41, 5.74) is 1.49. The zero-order chi connectivity index (χ0) is 6.41. The number of rotatable bonds is 3. The van der Waals surface area contributed by atoms with Gasteiger partial charge < -0.3 is 0 Å². The van der Waals surface area contributed by atoms with Crippen LogP contribution >= 0.6 is 15.9 Å². The topological polar surface area (TPSA) is 0 Å². The lowest BCUT2D eigenvalue weighted by molar-refractivity contribution is 0.919. The number of hydrogen-bond acceptors (Lipinski definition) is 0. The molecule has 0 N–H and O–H groups in total. The predicted molar refractivity (Wildman–Crippen MR) is 42.5 cm³/mol. The molecule has 48 valence electrons. The first-order chi connectivity index (χ1) is 3.81. The maximum Gasteiger partial charge on any atom is 0.00343 e. The van der Waals surface area contributed by atoms with Crippen LogP contribution in [0.2, 0.25) is 0 Å². The van der Waals surface area contributed by atoms with Crippen LogP contribution in [0.4, 0.5) is 0 Å². The summed E-state index contributed by atoms with van der Waals surface area (Å²) in [6.45, 7) is 4.26. The van der Waals surface area contributed by atoms with Gasteiger partial charge >= 0.3 is 0 Å². The highest BCUT2D eigenvalue weighted by Crippen LogP contribution is 2.03. The summed E-state index contributed by atoms with van der Waals surface area (Å²) in [5, 5.41) is 1.12. The van der Waals surface area contributed by atoms with Crippen molar-refractivity contribution >= 4 is 15.9 Å². The van der Waals surface area contributed by atoms with E-state index in [-0.39, 0.29) is 0 Å². The Morgan fingerprint density at radius 1 is 1.62 bits per heavy atom. The van der Waals surface area contributed by atoms with Crippen molar-refractivity contribution in [1.29, 1.82) is 0 Å². The zero-order valence-corrected chi connectivity index (χ0v) is 7.16. The summed E-state index contributed by atoms with van der Waals surface area (Å²) in [6.07, 6.45) is 4.67. The van der Waals surface area contributed by atoms with Crippen molar-refractivity contribution in [3.8, 4) is 0 Å². The van der Waals surface area contributed by atoms with Gasteiger partial charge in [0, 0.05) is 5.33 Å². The molecule has 0 rings (SSSR count). The van der Waals surface area contributed by atoms with Gasteiger partial charge in [-0.05, 0) is 26.7 Å². The highest BCUT2D eigenvalue weighted by molar-refractivity contribution is 9.09. The molecule has 0 aliphatic carbocycles. The van der Waals surface area contributed by atoms with E-state index in [0.29, 0.717) is 0 Å². The Bertz CT molecular complexity index is 74.5. The lowest BCUT2D eigenvalue weighted by atomic mass is 10.2. The van der Waals surface area contributed by atoms with Crippen molar-refractivity contribution in [2.75, 3.05) is 5.33 Å². The number of alkyl halides is 1. The molecule has 0 amide bonds. The number of allylic oxidation sites excluding steroid dienone is 2. The van der Waals surface area contributed by atoms with E-state index < -0.39 is 0 Å². The molecule has 0 unspecified atom stereocenters. The van der Waals surface area contributed by atoms with E-state index in [1.54, 1.807) is 0 Å². The maximum absolute atomic E-state index is 3.38. The van der Waals surface area contributed by atoms with Crippen molar-refractivity contribution < 1.29 is 0 Å². The summed E-state index contributed by atoms with van der Waals surface area (Å²) in [6, 6.07) is 0. The normalized spacial score (nSPS) is 12.1. The monoisotopic (exact) mass is 176 g/mol. The molecule has 0 aliphatic heterocycles. The average molecular weight is 177 g/mol. The van der Waals surface area contributed by atoms with Gasteiger partial charge in [-0.15, -0.1) is 0 Å². The van der Waals surface area contributed by atoms with E-state index in [2.05, 4.69) is 35.9 Å². The standard InChI is InChI=1S/C7H13Br/c1-3-7(2)5-4-6-8/h3H,4-6H2,1-2H3. The molecule has 0 aromatic rings. The van der Waals surface area contributed by atoms with Crippen LogP contribution in [0.1, 0.15) is 26.7 Å². The molecule has 0 aromatic carbocycles. The largest absolute Gasteiger partial charge is 0.0928 e. The van der Waals surface area contributed by atoms with Crippen LogP contribution < -0.4 is 0 Å². The third-order valence-corrected chi connectivity index (χ3v) is 1.76. The van der Waals surface area contributed by atoms with E-state index in [4.69, 9.17) is 0 Å². The molecule has 1 heteroatoms. The SMILES string of the molecule is CC=C(C)CCCBr. The van der Waals surface area contributed by atoms with Crippen molar-refractivity contribution in [1.82, 2.24) is 0 Å².